The molecule has 0 N–H and O–H groups in total. The zero-order chi connectivity index (χ0) is 39.3. The van der Waals surface area contributed by atoms with Crippen molar-refractivity contribution >= 4 is 5.97 Å². The molecule has 4 heteroatoms. The van der Waals surface area contributed by atoms with E-state index >= 15 is 0 Å². The lowest BCUT2D eigenvalue weighted by Crippen LogP contribution is -2.31. The number of rotatable bonds is 36. The van der Waals surface area contributed by atoms with Gasteiger partial charge >= 0.3 is 5.97 Å². The van der Waals surface area contributed by atoms with Crippen LogP contribution in [-0.4, -0.2) is 24.0 Å². The Morgan fingerprint density at radius 3 is 1.47 bits per heavy atom. The summed E-state index contributed by atoms with van der Waals surface area (Å²) in [6.07, 6.45) is 52.5. The van der Waals surface area contributed by atoms with Crippen LogP contribution in [0.5, 0.6) is 0 Å². The lowest BCUT2D eigenvalue weighted by atomic mass is 9.98. The van der Waals surface area contributed by atoms with Crippen LogP contribution in [0, 0.1) is 0 Å². The third-order valence-electron chi connectivity index (χ3n) is 10.9. The Morgan fingerprint density at radius 1 is 0.564 bits per heavy atom. The van der Waals surface area contributed by atoms with Crippen molar-refractivity contribution in [1.29, 1.82) is 0 Å². The summed E-state index contributed by atoms with van der Waals surface area (Å²) < 4.78 is 19.3. The molecule has 0 amide bonds. The van der Waals surface area contributed by atoms with E-state index in [0.29, 0.717) is 19.4 Å². The van der Waals surface area contributed by atoms with Crippen molar-refractivity contribution in [3.63, 3.8) is 0 Å². The standard InChI is InChI=1S/C51H84O4/c1-4-7-9-11-13-15-17-19-21-23-25-27-29-31-33-38-44-51(45-39-34-32-30-28-26-24-22-20-18-16-14-12-10-8-5-2)54-48(6-3)49(55-51)42-43-50(52)53-46-47-40-36-35-37-41-47/h13-16,19-22,35-37,40-41,48-49H,4-12,17-18,23-34,38-39,42-46H2,1-3H3/b15-13-,16-14-,21-19-,22-20-/t48-,49+/m0/s1. The van der Waals surface area contributed by atoms with E-state index in [-0.39, 0.29) is 18.2 Å². The first-order chi connectivity index (χ1) is 27.1. The average molecular weight is 761 g/mol. The summed E-state index contributed by atoms with van der Waals surface area (Å²) in [5.41, 5.74) is 1.02. The van der Waals surface area contributed by atoms with Crippen LogP contribution in [-0.2, 0) is 25.6 Å². The van der Waals surface area contributed by atoms with Crippen LogP contribution in [0.3, 0.4) is 0 Å². The van der Waals surface area contributed by atoms with E-state index < -0.39 is 5.79 Å². The molecule has 1 aromatic carbocycles. The number of hydrogen-bond donors (Lipinski definition) is 0. The Kier molecular flexibility index (Phi) is 30.8. The topological polar surface area (TPSA) is 44.8 Å². The molecule has 55 heavy (non-hydrogen) atoms. The van der Waals surface area contributed by atoms with Gasteiger partial charge in [0.05, 0.1) is 12.2 Å². The fraction of sp³-hybridized carbons (Fsp3) is 0.706. The van der Waals surface area contributed by atoms with Crippen molar-refractivity contribution in [2.24, 2.45) is 0 Å². The molecule has 2 rings (SSSR count). The highest BCUT2D eigenvalue weighted by Crippen LogP contribution is 2.40. The molecule has 1 saturated heterocycles. The van der Waals surface area contributed by atoms with Crippen LogP contribution in [0.4, 0.5) is 0 Å². The minimum atomic E-state index is -0.510. The van der Waals surface area contributed by atoms with Crippen LogP contribution in [0.1, 0.15) is 213 Å². The lowest BCUT2D eigenvalue weighted by molar-refractivity contribution is -0.187. The fourth-order valence-electron chi connectivity index (χ4n) is 7.52. The monoisotopic (exact) mass is 761 g/mol. The maximum absolute atomic E-state index is 12.7. The van der Waals surface area contributed by atoms with E-state index in [1.807, 2.05) is 30.3 Å². The Balaban J connectivity index is 1.71. The quantitative estimate of drug-likeness (QED) is 0.0388. The van der Waals surface area contributed by atoms with Gasteiger partial charge in [-0.2, -0.15) is 0 Å². The van der Waals surface area contributed by atoms with E-state index in [2.05, 4.69) is 69.4 Å². The molecule has 0 saturated carbocycles. The molecule has 0 aromatic heterocycles. The molecule has 0 aliphatic carbocycles. The smallest absolute Gasteiger partial charge is 0.306 e. The third-order valence-corrected chi connectivity index (χ3v) is 10.9. The molecule has 1 aromatic rings. The summed E-state index contributed by atoms with van der Waals surface area (Å²) in [5, 5.41) is 0. The van der Waals surface area contributed by atoms with Crippen molar-refractivity contribution in [3.8, 4) is 0 Å². The van der Waals surface area contributed by atoms with Gasteiger partial charge in [-0.05, 0) is 95.5 Å². The van der Waals surface area contributed by atoms with Crippen LogP contribution in [0.15, 0.2) is 78.9 Å². The normalized spacial score (nSPS) is 17.1. The number of unbranched alkanes of at least 4 members (excludes halogenated alkanes) is 18. The summed E-state index contributed by atoms with van der Waals surface area (Å²) >= 11 is 0. The molecule has 4 nitrogen and oxygen atoms in total. The Bertz CT molecular complexity index is 1090. The van der Waals surface area contributed by atoms with Gasteiger partial charge in [0.1, 0.15) is 6.61 Å². The molecule has 1 aliphatic heterocycles. The number of esters is 1. The molecule has 0 radical (unpaired) electrons. The van der Waals surface area contributed by atoms with Crippen molar-refractivity contribution < 1.29 is 19.0 Å². The summed E-state index contributed by atoms with van der Waals surface area (Å²) in [7, 11) is 0. The van der Waals surface area contributed by atoms with Gasteiger partial charge in [-0.15, -0.1) is 0 Å². The third kappa shape index (κ3) is 26.2. The second-order valence-electron chi connectivity index (χ2n) is 16.0. The van der Waals surface area contributed by atoms with Gasteiger partial charge in [0.25, 0.3) is 0 Å². The van der Waals surface area contributed by atoms with Gasteiger partial charge in [0, 0.05) is 19.3 Å². The zero-order valence-electron chi connectivity index (χ0n) is 36.0. The van der Waals surface area contributed by atoms with Crippen LogP contribution in [0.25, 0.3) is 0 Å². The van der Waals surface area contributed by atoms with E-state index in [0.717, 1.165) is 50.5 Å². The zero-order valence-corrected chi connectivity index (χ0v) is 36.0. The van der Waals surface area contributed by atoms with Crippen LogP contribution < -0.4 is 0 Å². The molecular formula is C51H84O4. The molecule has 0 bridgehead atoms. The molecule has 1 aliphatic rings. The Morgan fingerprint density at radius 2 is 1.00 bits per heavy atom. The predicted octanol–water partition coefficient (Wildman–Crippen LogP) is 15.8. The van der Waals surface area contributed by atoms with Gasteiger partial charge in [-0.3, -0.25) is 4.79 Å². The van der Waals surface area contributed by atoms with Gasteiger partial charge in [-0.25, -0.2) is 0 Å². The summed E-state index contributed by atoms with van der Waals surface area (Å²) in [6.45, 7) is 7.03. The SMILES string of the molecule is CCCCC/C=C\C/C=C\CCCCCCCCC1(CCCCCCCC/C=C\C/C=C\CCCCC)O[C@@H](CC)[C@@H](CCC(=O)OCc2ccccc2)O1. The number of allylic oxidation sites excluding steroid dienone is 8. The van der Waals surface area contributed by atoms with Gasteiger partial charge in [0.15, 0.2) is 5.79 Å². The number of carbonyl (C=O) groups is 1. The van der Waals surface area contributed by atoms with E-state index in [1.165, 1.54) is 128 Å². The summed E-state index contributed by atoms with van der Waals surface area (Å²) in [5.74, 6) is -0.667. The first-order valence-corrected chi connectivity index (χ1v) is 23.3. The molecule has 1 fully saturated rings. The average Bonchev–Trinajstić information content (AvgIpc) is 3.56. The predicted molar refractivity (Wildman–Crippen MR) is 236 cm³/mol. The first-order valence-electron chi connectivity index (χ1n) is 23.3. The molecule has 2 atom stereocenters. The minimum Gasteiger partial charge on any atom is -0.461 e. The highest BCUT2D eigenvalue weighted by molar-refractivity contribution is 5.69. The van der Waals surface area contributed by atoms with Crippen molar-refractivity contribution in [2.45, 2.75) is 232 Å². The summed E-state index contributed by atoms with van der Waals surface area (Å²) in [6, 6.07) is 9.91. The Labute approximate surface area is 340 Å². The van der Waals surface area contributed by atoms with E-state index in [1.54, 1.807) is 0 Å². The van der Waals surface area contributed by atoms with Gasteiger partial charge in [0.2, 0.25) is 0 Å². The molecular weight excluding hydrogens is 677 g/mol. The van der Waals surface area contributed by atoms with Crippen molar-refractivity contribution in [1.82, 2.24) is 0 Å². The van der Waals surface area contributed by atoms with E-state index in [9.17, 15) is 4.79 Å². The minimum absolute atomic E-state index is 0.0381. The lowest BCUT2D eigenvalue weighted by Gasteiger charge is -2.29. The van der Waals surface area contributed by atoms with Crippen LogP contribution in [0.2, 0.25) is 0 Å². The molecule has 0 spiro atoms. The van der Waals surface area contributed by atoms with Crippen molar-refractivity contribution in [2.75, 3.05) is 0 Å². The molecule has 1 heterocycles. The molecule has 0 unspecified atom stereocenters. The maximum atomic E-state index is 12.7. The highest BCUT2D eigenvalue weighted by Gasteiger charge is 2.45. The first kappa shape index (κ1) is 48.7. The summed E-state index contributed by atoms with van der Waals surface area (Å²) in [4.78, 5) is 12.7. The Hall–Kier alpha value is -2.43. The molecule has 312 valence electrons. The second-order valence-corrected chi connectivity index (χ2v) is 16.0. The number of carbonyl (C=O) groups excluding carboxylic acids is 1. The number of hydrogen-bond acceptors (Lipinski definition) is 4. The van der Waals surface area contributed by atoms with Gasteiger partial charge in [-0.1, -0.05) is 177 Å². The second kappa shape index (κ2) is 34.8. The van der Waals surface area contributed by atoms with Crippen molar-refractivity contribution in [3.05, 3.63) is 84.5 Å². The maximum Gasteiger partial charge on any atom is 0.306 e. The van der Waals surface area contributed by atoms with Crippen LogP contribution >= 0.6 is 0 Å². The van der Waals surface area contributed by atoms with E-state index in [4.69, 9.17) is 14.2 Å². The largest absolute Gasteiger partial charge is 0.461 e. The fourth-order valence-corrected chi connectivity index (χ4v) is 7.52. The number of ether oxygens (including phenoxy) is 3. The highest BCUT2D eigenvalue weighted by atomic mass is 16.8. The van der Waals surface area contributed by atoms with Gasteiger partial charge < -0.3 is 14.2 Å². The number of benzene rings is 1.